The van der Waals surface area contributed by atoms with Crippen molar-refractivity contribution < 1.29 is 19.1 Å². The first kappa shape index (κ1) is 21.4. The zero-order valence-electron chi connectivity index (χ0n) is 17.9. The van der Waals surface area contributed by atoms with Gasteiger partial charge < -0.3 is 15.0 Å². The first-order valence-electron chi connectivity index (χ1n) is 9.79. The summed E-state index contributed by atoms with van der Waals surface area (Å²) >= 11 is 0. The van der Waals surface area contributed by atoms with Gasteiger partial charge in [-0.1, -0.05) is 48.0 Å². The molecule has 2 aromatic rings. The third kappa shape index (κ3) is 3.75. The van der Waals surface area contributed by atoms with Crippen molar-refractivity contribution >= 4 is 17.8 Å². The number of rotatable bonds is 6. The second kappa shape index (κ2) is 8.18. The number of aryl methyl sites for hydroxylation is 1. The Morgan fingerprint density at radius 2 is 1.80 bits per heavy atom. The van der Waals surface area contributed by atoms with Crippen LogP contribution >= 0.6 is 0 Å². The molecule has 1 aliphatic heterocycles. The molecule has 1 saturated heterocycles. The molecular formula is C23H27N3O4. The standard InChI is InChI=1S/C23H27N3O4/c1-15-10-12-17(13-11-15)23(3)21(28)26(22(29)24-23)14-20(27)25(4)16(2)18-8-6-7-9-19(18)30-5/h6-13,16H,14H2,1-5H3,(H,24,29). The number of imide groups is 1. The van der Waals surface area contributed by atoms with Crippen LogP contribution in [0.15, 0.2) is 48.5 Å². The number of hydrogen-bond donors (Lipinski definition) is 1. The van der Waals surface area contributed by atoms with Gasteiger partial charge in [-0.25, -0.2) is 4.79 Å². The first-order chi connectivity index (χ1) is 14.2. The summed E-state index contributed by atoms with van der Waals surface area (Å²) in [6.07, 6.45) is 0. The van der Waals surface area contributed by atoms with Crippen LogP contribution in [0.1, 0.15) is 36.6 Å². The molecule has 0 saturated carbocycles. The number of carbonyl (C=O) groups is 3. The van der Waals surface area contributed by atoms with E-state index in [0.717, 1.165) is 16.0 Å². The SMILES string of the molecule is COc1ccccc1C(C)N(C)C(=O)CN1C(=O)NC(C)(c2ccc(C)cc2)C1=O. The van der Waals surface area contributed by atoms with E-state index in [2.05, 4.69) is 5.32 Å². The molecule has 7 nitrogen and oxygen atoms in total. The lowest BCUT2D eigenvalue weighted by molar-refractivity contribution is -0.139. The molecule has 1 N–H and O–H groups in total. The minimum absolute atomic E-state index is 0.294. The number of nitrogens with zero attached hydrogens (tertiary/aromatic N) is 2. The fourth-order valence-electron chi connectivity index (χ4n) is 3.61. The number of amides is 4. The third-order valence-electron chi connectivity index (χ3n) is 5.76. The highest BCUT2D eigenvalue weighted by Gasteiger charge is 2.49. The van der Waals surface area contributed by atoms with Crippen LogP contribution in [0.3, 0.4) is 0 Å². The van der Waals surface area contributed by atoms with Gasteiger partial charge in [0.05, 0.1) is 13.2 Å². The highest BCUT2D eigenvalue weighted by atomic mass is 16.5. The zero-order valence-corrected chi connectivity index (χ0v) is 17.9. The van der Waals surface area contributed by atoms with Crippen molar-refractivity contribution in [2.45, 2.75) is 32.4 Å². The van der Waals surface area contributed by atoms with Crippen LogP contribution in [0, 0.1) is 6.92 Å². The summed E-state index contributed by atoms with van der Waals surface area (Å²) in [4.78, 5) is 41.0. The van der Waals surface area contributed by atoms with Gasteiger partial charge in [-0.15, -0.1) is 0 Å². The zero-order chi connectivity index (χ0) is 22.1. The lowest BCUT2D eigenvalue weighted by atomic mass is 9.91. The van der Waals surface area contributed by atoms with Crippen LogP contribution in [0.25, 0.3) is 0 Å². The smallest absolute Gasteiger partial charge is 0.325 e. The van der Waals surface area contributed by atoms with Gasteiger partial charge in [0.1, 0.15) is 17.8 Å². The van der Waals surface area contributed by atoms with Crippen molar-refractivity contribution in [2.75, 3.05) is 20.7 Å². The minimum atomic E-state index is -1.20. The molecule has 158 valence electrons. The number of carbonyl (C=O) groups excluding carboxylic acids is 3. The van der Waals surface area contributed by atoms with E-state index in [1.165, 1.54) is 4.90 Å². The number of ether oxygens (including phenoxy) is 1. The van der Waals surface area contributed by atoms with E-state index in [1.54, 1.807) is 21.1 Å². The van der Waals surface area contributed by atoms with Gasteiger partial charge in [0.2, 0.25) is 5.91 Å². The summed E-state index contributed by atoms with van der Waals surface area (Å²) in [5.74, 6) is -0.111. The molecule has 1 heterocycles. The van der Waals surface area contributed by atoms with Crippen molar-refractivity contribution in [3.05, 3.63) is 65.2 Å². The summed E-state index contributed by atoms with van der Waals surface area (Å²) in [5, 5.41) is 2.74. The maximum Gasteiger partial charge on any atom is 0.325 e. The van der Waals surface area contributed by atoms with Crippen molar-refractivity contribution in [3.8, 4) is 5.75 Å². The summed E-state index contributed by atoms with van der Waals surface area (Å²) in [6.45, 7) is 5.15. The summed E-state index contributed by atoms with van der Waals surface area (Å²) in [5.41, 5.74) is 1.38. The fraction of sp³-hybridized carbons (Fsp3) is 0.348. The van der Waals surface area contributed by atoms with Crippen LogP contribution in [0.2, 0.25) is 0 Å². The number of hydrogen-bond acceptors (Lipinski definition) is 4. The Bertz CT molecular complexity index is 973. The maximum absolute atomic E-state index is 13.1. The Morgan fingerprint density at radius 3 is 2.43 bits per heavy atom. The molecule has 0 spiro atoms. The van der Waals surface area contributed by atoms with Gasteiger partial charge in [-0.2, -0.15) is 0 Å². The van der Waals surface area contributed by atoms with Crippen molar-refractivity contribution in [1.29, 1.82) is 0 Å². The Labute approximate surface area is 176 Å². The average Bonchev–Trinajstić information content (AvgIpc) is 2.96. The van der Waals surface area contributed by atoms with Gasteiger partial charge in [0.15, 0.2) is 0 Å². The largest absolute Gasteiger partial charge is 0.496 e. The lowest BCUT2D eigenvalue weighted by Gasteiger charge is -2.28. The average molecular weight is 409 g/mol. The van der Waals surface area contributed by atoms with Crippen LogP contribution < -0.4 is 10.1 Å². The minimum Gasteiger partial charge on any atom is -0.496 e. The number of nitrogens with one attached hydrogen (secondary N) is 1. The van der Waals surface area contributed by atoms with Crippen LogP contribution in [0.5, 0.6) is 5.75 Å². The molecule has 4 amide bonds. The van der Waals surface area contributed by atoms with E-state index in [9.17, 15) is 14.4 Å². The van der Waals surface area contributed by atoms with E-state index in [0.29, 0.717) is 11.3 Å². The molecule has 2 atom stereocenters. The van der Waals surface area contributed by atoms with Crippen molar-refractivity contribution in [3.63, 3.8) is 0 Å². The highest BCUT2D eigenvalue weighted by molar-refractivity contribution is 6.09. The summed E-state index contributed by atoms with van der Waals surface area (Å²) in [7, 11) is 3.23. The molecule has 0 radical (unpaired) electrons. The monoisotopic (exact) mass is 409 g/mol. The molecule has 30 heavy (non-hydrogen) atoms. The molecule has 2 aromatic carbocycles. The van der Waals surface area contributed by atoms with Crippen LogP contribution in [-0.2, 0) is 15.1 Å². The predicted molar refractivity (Wildman–Crippen MR) is 113 cm³/mol. The second-order valence-electron chi connectivity index (χ2n) is 7.74. The van der Waals surface area contributed by atoms with Crippen molar-refractivity contribution in [1.82, 2.24) is 15.1 Å². The summed E-state index contributed by atoms with van der Waals surface area (Å²) in [6, 6.07) is 14.0. The Kier molecular flexibility index (Phi) is 5.82. The molecule has 0 bridgehead atoms. The Balaban J connectivity index is 1.77. The number of benzene rings is 2. The van der Waals surface area contributed by atoms with E-state index in [4.69, 9.17) is 4.74 Å². The lowest BCUT2D eigenvalue weighted by Crippen LogP contribution is -2.44. The molecule has 2 unspecified atom stereocenters. The predicted octanol–water partition coefficient (Wildman–Crippen LogP) is 2.99. The Hall–Kier alpha value is -3.35. The van der Waals surface area contributed by atoms with E-state index >= 15 is 0 Å². The molecule has 1 aliphatic rings. The number of methoxy groups -OCH3 is 1. The van der Waals surface area contributed by atoms with Gasteiger partial charge in [-0.3, -0.25) is 14.5 Å². The highest BCUT2D eigenvalue weighted by Crippen LogP contribution is 2.31. The maximum atomic E-state index is 13.1. The van der Waals surface area contributed by atoms with Gasteiger partial charge in [-0.05, 0) is 32.4 Å². The number of likely N-dealkylation sites (N-methyl/N-ethyl adjacent to an activating group) is 1. The normalized spacial score (nSPS) is 19.4. The quantitative estimate of drug-likeness (QED) is 0.744. The molecule has 0 aliphatic carbocycles. The number of urea groups is 1. The first-order valence-corrected chi connectivity index (χ1v) is 9.79. The van der Waals surface area contributed by atoms with Gasteiger partial charge in [0.25, 0.3) is 5.91 Å². The Morgan fingerprint density at radius 1 is 1.17 bits per heavy atom. The number of para-hydroxylation sites is 1. The molecule has 1 fully saturated rings. The topological polar surface area (TPSA) is 79.0 Å². The molecule has 0 aromatic heterocycles. The van der Waals surface area contributed by atoms with Gasteiger partial charge >= 0.3 is 6.03 Å². The van der Waals surface area contributed by atoms with E-state index in [-0.39, 0.29) is 18.5 Å². The summed E-state index contributed by atoms with van der Waals surface area (Å²) < 4.78 is 5.38. The molecule has 7 heteroatoms. The third-order valence-corrected chi connectivity index (χ3v) is 5.76. The van der Waals surface area contributed by atoms with E-state index in [1.807, 2.05) is 62.4 Å². The molecule has 3 rings (SSSR count). The van der Waals surface area contributed by atoms with Crippen molar-refractivity contribution in [2.24, 2.45) is 0 Å². The molecular weight excluding hydrogens is 382 g/mol. The van der Waals surface area contributed by atoms with Crippen LogP contribution in [-0.4, -0.2) is 48.3 Å². The fourth-order valence-corrected chi connectivity index (χ4v) is 3.61. The second-order valence-corrected chi connectivity index (χ2v) is 7.74. The van der Waals surface area contributed by atoms with E-state index < -0.39 is 17.5 Å². The van der Waals surface area contributed by atoms with Gasteiger partial charge in [0, 0.05) is 12.6 Å². The van der Waals surface area contributed by atoms with Crippen LogP contribution in [0.4, 0.5) is 4.79 Å².